The summed E-state index contributed by atoms with van der Waals surface area (Å²) in [5.41, 5.74) is 0.246. The zero-order chi connectivity index (χ0) is 37.8. The average Bonchev–Trinajstić information content (AvgIpc) is 3.66. The number of allylic oxidation sites excluding steroid dienone is 2. The Bertz CT molecular complexity index is 1840. The molecule has 4 saturated carbocycles. The first-order chi connectivity index (χ1) is 24.2. The van der Waals surface area contributed by atoms with E-state index in [1.54, 1.807) is 32.0 Å². The van der Waals surface area contributed by atoms with Gasteiger partial charge in [-0.25, -0.2) is 4.39 Å². The maximum atomic E-state index is 14.8. The highest BCUT2D eigenvalue weighted by molar-refractivity contribution is 6.01. The van der Waals surface area contributed by atoms with Crippen molar-refractivity contribution in [2.24, 2.45) is 50.7 Å². The summed E-state index contributed by atoms with van der Waals surface area (Å²) in [6, 6.07) is 6.43. The van der Waals surface area contributed by atoms with E-state index in [0.29, 0.717) is 24.1 Å². The third-order valence-corrected chi connectivity index (χ3v) is 15.7. The first kappa shape index (κ1) is 37.0. The van der Waals surface area contributed by atoms with E-state index in [4.69, 9.17) is 9.15 Å². The van der Waals surface area contributed by atoms with Crippen molar-refractivity contribution in [2.45, 2.75) is 138 Å². The molecule has 282 valence electrons. The standard InChI is InChI=1S/C43H57FN2O6/c1-24(2)33-28(47)22-43(36-46-45-35(52-36)25-12-10-11-13-27(25)44)21-20-41(8)26(34(33)43)14-15-30-40(7)18-17-31(51-32(48)23-38(3,4)37(49)50)39(5,6)29(40)16-19-42(30,41)9/h10-13,24,26,29-31H,14-23H2,1-9H3,(H,49,50). The van der Waals surface area contributed by atoms with Crippen LogP contribution in [0.1, 0.15) is 132 Å². The van der Waals surface area contributed by atoms with Crippen molar-refractivity contribution in [3.05, 3.63) is 47.1 Å². The number of aromatic nitrogens is 2. The van der Waals surface area contributed by atoms with Crippen LogP contribution in [0.5, 0.6) is 0 Å². The number of benzene rings is 1. The van der Waals surface area contributed by atoms with E-state index in [-0.39, 0.29) is 63.3 Å². The van der Waals surface area contributed by atoms with Crippen LogP contribution in [0.2, 0.25) is 0 Å². The normalized spacial score (nSPS) is 36.9. The van der Waals surface area contributed by atoms with Crippen molar-refractivity contribution in [1.82, 2.24) is 10.2 Å². The van der Waals surface area contributed by atoms with Crippen LogP contribution in [0.15, 0.2) is 39.8 Å². The third kappa shape index (κ3) is 5.13. The van der Waals surface area contributed by atoms with E-state index in [0.717, 1.165) is 56.9 Å². The van der Waals surface area contributed by atoms with Gasteiger partial charge in [-0.3, -0.25) is 14.4 Å². The van der Waals surface area contributed by atoms with Crippen molar-refractivity contribution in [3.63, 3.8) is 0 Å². The van der Waals surface area contributed by atoms with Gasteiger partial charge in [0.2, 0.25) is 5.89 Å². The third-order valence-electron chi connectivity index (χ3n) is 15.7. The van der Waals surface area contributed by atoms with Crippen molar-refractivity contribution in [1.29, 1.82) is 0 Å². The molecule has 0 spiro atoms. The number of halogens is 1. The molecule has 9 heteroatoms. The van der Waals surface area contributed by atoms with Crippen molar-refractivity contribution < 1.29 is 33.0 Å². The number of carboxylic acids is 1. The molecule has 1 heterocycles. The molecule has 8 unspecified atom stereocenters. The van der Waals surface area contributed by atoms with Crippen molar-refractivity contribution in [3.8, 4) is 11.5 Å². The first-order valence-corrected chi connectivity index (χ1v) is 19.5. The Labute approximate surface area is 307 Å². The second-order valence-electron chi connectivity index (χ2n) is 19.4. The molecule has 0 aliphatic heterocycles. The lowest BCUT2D eigenvalue weighted by molar-refractivity contribution is -0.232. The SMILES string of the molecule is CC(C)C1=C2C3CCC4C5(C)CCC(OC(=O)CC(C)(C)C(=O)O)C(C)(C)C5CCC4(C)C3(C)CCC2(c2nnc(-c3ccccc3F)o2)CC1=O. The van der Waals surface area contributed by atoms with Crippen LogP contribution in [0, 0.1) is 56.6 Å². The van der Waals surface area contributed by atoms with Gasteiger partial charge >= 0.3 is 11.9 Å². The molecule has 1 N–H and O–H groups in total. The van der Waals surface area contributed by atoms with Crippen molar-refractivity contribution >= 4 is 17.7 Å². The number of hydrogen-bond donors (Lipinski definition) is 1. The van der Waals surface area contributed by atoms with Crippen LogP contribution < -0.4 is 0 Å². The summed E-state index contributed by atoms with van der Waals surface area (Å²) in [4.78, 5) is 38.9. The maximum Gasteiger partial charge on any atom is 0.309 e. The van der Waals surface area contributed by atoms with Gasteiger partial charge in [0, 0.05) is 11.8 Å². The number of ketones is 1. The number of carboxylic acid groups (broad SMARTS) is 1. The molecular formula is C43H57FN2O6. The number of ether oxygens (including phenoxy) is 1. The monoisotopic (exact) mass is 716 g/mol. The molecule has 0 radical (unpaired) electrons. The van der Waals surface area contributed by atoms with Crippen molar-refractivity contribution in [2.75, 3.05) is 0 Å². The molecule has 8 nitrogen and oxygen atoms in total. The summed E-state index contributed by atoms with van der Waals surface area (Å²) >= 11 is 0. The Morgan fingerprint density at radius 1 is 0.962 bits per heavy atom. The summed E-state index contributed by atoms with van der Waals surface area (Å²) in [6.45, 7) is 19.4. The fourth-order valence-corrected chi connectivity index (χ4v) is 12.9. The lowest BCUT2D eigenvalue weighted by Gasteiger charge is -2.72. The molecule has 0 amide bonds. The summed E-state index contributed by atoms with van der Waals surface area (Å²) in [6.07, 6.45) is 7.34. The Balaban J connectivity index is 1.21. The number of aliphatic carboxylic acids is 1. The second kappa shape index (κ2) is 12.1. The van der Waals surface area contributed by atoms with E-state index in [1.165, 1.54) is 11.6 Å². The van der Waals surface area contributed by atoms with E-state index < -0.39 is 28.6 Å². The van der Waals surface area contributed by atoms with E-state index in [2.05, 4.69) is 58.7 Å². The van der Waals surface area contributed by atoms with Gasteiger partial charge in [-0.1, -0.05) is 60.6 Å². The molecule has 7 rings (SSSR count). The van der Waals surface area contributed by atoms with Gasteiger partial charge < -0.3 is 14.3 Å². The summed E-state index contributed by atoms with van der Waals surface area (Å²) in [5.74, 6) is -0.0659. The van der Waals surface area contributed by atoms with Gasteiger partial charge in [0.15, 0.2) is 5.78 Å². The fraction of sp³-hybridized carbons (Fsp3) is 0.698. The van der Waals surface area contributed by atoms with Crippen LogP contribution in [-0.4, -0.2) is 39.1 Å². The molecule has 0 bridgehead atoms. The molecule has 5 aliphatic carbocycles. The molecule has 4 fully saturated rings. The van der Waals surface area contributed by atoms with Crippen LogP contribution in [-0.2, 0) is 24.5 Å². The van der Waals surface area contributed by atoms with Crippen LogP contribution in [0.25, 0.3) is 11.5 Å². The second-order valence-corrected chi connectivity index (χ2v) is 19.4. The fourth-order valence-electron chi connectivity index (χ4n) is 12.9. The number of fused-ring (bicyclic) bond motifs is 7. The Morgan fingerprint density at radius 3 is 2.35 bits per heavy atom. The van der Waals surface area contributed by atoms with E-state index in [1.807, 2.05) is 0 Å². The van der Waals surface area contributed by atoms with Crippen LogP contribution in [0.3, 0.4) is 0 Å². The van der Waals surface area contributed by atoms with Gasteiger partial charge in [0.1, 0.15) is 11.9 Å². The van der Waals surface area contributed by atoms with Gasteiger partial charge in [-0.05, 0) is 128 Å². The molecule has 2 aromatic rings. The topological polar surface area (TPSA) is 120 Å². The predicted octanol–water partition coefficient (Wildman–Crippen LogP) is 9.52. The minimum Gasteiger partial charge on any atom is -0.481 e. The Kier molecular flexibility index (Phi) is 8.59. The first-order valence-electron chi connectivity index (χ1n) is 19.5. The molecule has 0 saturated heterocycles. The Morgan fingerprint density at radius 2 is 1.67 bits per heavy atom. The number of rotatable bonds is 7. The molecule has 1 aromatic heterocycles. The molecule has 8 atom stereocenters. The van der Waals surface area contributed by atoms with Crippen LogP contribution in [0.4, 0.5) is 4.39 Å². The summed E-state index contributed by atoms with van der Waals surface area (Å²) in [5, 5.41) is 18.5. The Hall–Kier alpha value is -3.36. The number of carbonyl (C=O) groups excluding carboxylic acids is 2. The lowest BCUT2D eigenvalue weighted by Crippen LogP contribution is -2.66. The number of nitrogens with zero attached hydrogens (tertiary/aromatic N) is 2. The average molecular weight is 717 g/mol. The number of hydrogen-bond acceptors (Lipinski definition) is 7. The quantitative estimate of drug-likeness (QED) is 0.282. The van der Waals surface area contributed by atoms with Gasteiger partial charge in [0.05, 0.1) is 22.8 Å². The largest absolute Gasteiger partial charge is 0.481 e. The van der Waals surface area contributed by atoms with E-state index in [9.17, 15) is 23.9 Å². The highest BCUT2D eigenvalue weighted by Gasteiger charge is 2.71. The smallest absolute Gasteiger partial charge is 0.309 e. The zero-order valence-electron chi connectivity index (χ0n) is 32.5. The molecule has 1 aromatic carbocycles. The molecule has 52 heavy (non-hydrogen) atoms. The lowest BCUT2D eigenvalue weighted by atomic mass is 9.33. The zero-order valence-corrected chi connectivity index (χ0v) is 32.5. The highest BCUT2D eigenvalue weighted by atomic mass is 19.1. The van der Waals surface area contributed by atoms with Gasteiger partial charge in [0.25, 0.3) is 5.89 Å². The summed E-state index contributed by atoms with van der Waals surface area (Å²) in [7, 11) is 0. The van der Waals surface area contributed by atoms with Crippen LogP contribution >= 0.6 is 0 Å². The predicted molar refractivity (Wildman–Crippen MR) is 194 cm³/mol. The van der Waals surface area contributed by atoms with Gasteiger partial charge in [-0.15, -0.1) is 10.2 Å². The number of Topliss-reactive ketones (excluding diaryl/α,β-unsaturated/α-hetero) is 1. The minimum atomic E-state index is -1.18. The summed E-state index contributed by atoms with van der Waals surface area (Å²) < 4.78 is 27.4. The van der Waals surface area contributed by atoms with Gasteiger partial charge in [-0.2, -0.15) is 0 Å². The minimum absolute atomic E-state index is 0.00628. The van der Waals surface area contributed by atoms with E-state index >= 15 is 0 Å². The molecule has 5 aliphatic rings. The number of carbonyl (C=O) groups is 3. The highest BCUT2D eigenvalue weighted by Crippen LogP contribution is 2.76. The molecular weight excluding hydrogens is 659 g/mol. The number of esters is 1. The maximum absolute atomic E-state index is 14.8.